The molecule has 0 radical (unpaired) electrons. The van der Waals surface area contributed by atoms with Gasteiger partial charge in [-0.15, -0.1) is 0 Å². The number of ether oxygens (including phenoxy) is 1. The average Bonchev–Trinajstić information content (AvgIpc) is 2.67. The highest BCUT2D eigenvalue weighted by molar-refractivity contribution is 5.91. The fourth-order valence-corrected chi connectivity index (χ4v) is 3.07. The summed E-state index contributed by atoms with van der Waals surface area (Å²) in [6.07, 6.45) is 0.452. The molecule has 138 valence electrons. The van der Waals surface area contributed by atoms with Crippen LogP contribution in [0, 0.1) is 5.82 Å². The van der Waals surface area contributed by atoms with Crippen LogP contribution in [-0.2, 0) is 4.79 Å². The van der Waals surface area contributed by atoms with E-state index >= 15 is 0 Å². The van der Waals surface area contributed by atoms with Crippen LogP contribution < -0.4 is 15.0 Å². The molecule has 1 saturated heterocycles. The van der Waals surface area contributed by atoms with Gasteiger partial charge in [-0.25, -0.2) is 4.39 Å². The van der Waals surface area contributed by atoms with Gasteiger partial charge in [0.1, 0.15) is 11.6 Å². The summed E-state index contributed by atoms with van der Waals surface area (Å²) >= 11 is 0. The first kappa shape index (κ1) is 18.2. The van der Waals surface area contributed by atoms with Crippen molar-refractivity contribution < 1.29 is 13.9 Å². The van der Waals surface area contributed by atoms with Crippen molar-refractivity contribution >= 4 is 17.3 Å². The van der Waals surface area contributed by atoms with E-state index in [1.807, 2.05) is 30.3 Å². The summed E-state index contributed by atoms with van der Waals surface area (Å²) in [5, 5.41) is 2.90. The number of hydrogen-bond donors (Lipinski definition) is 1. The molecule has 0 spiro atoms. The van der Waals surface area contributed by atoms with Crippen molar-refractivity contribution in [2.75, 3.05) is 50.1 Å². The van der Waals surface area contributed by atoms with E-state index in [1.165, 1.54) is 12.1 Å². The summed E-state index contributed by atoms with van der Waals surface area (Å²) in [6.45, 7) is 4.27. The van der Waals surface area contributed by atoms with Gasteiger partial charge in [-0.05, 0) is 36.4 Å². The number of nitrogens with one attached hydrogen (secondary N) is 1. The van der Waals surface area contributed by atoms with Crippen molar-refractivity contribution in [3.63, 3.8) is 0 Å². The third kappa shape index (κ3) is 4.95. The number of benzene rings is 2. The lowest BCUT2D eigenvalue weighted by Gasteiger charge is -2.36. The molecule has 6 heteroatoms. The summed E-state index contributed by atoms with van der Waals surface area (Å²) < 4.78 is 18.2. The van der Waals surface area contributed by atoms with Crippen molar-refractivity contribution in [3.05, 3.63) is 54.3 Å². The second-order valence-electron chi connectivity index (χ2n) is 6.34. The van der Waals surface area contributed by atoms with Crippen LogP contribution in [0.15, 0.2) is 48.5 Å². The Balaban J connectivity index is 1.41. The Morgan fingerprint density at radius 3 is 2.54 bits per heavy atom. The van der Waals surface area contributed by atoms with E-state index < -0.39 is 0 Å². The Bertz CT molecular complexity index is 728. The number of amides is 1. The van der Waals surface area contributed by atoms with E-state index in [0.717, 1.165) is 49.8 Å². The molecule has 3 rings (SSSR count). The van der Waals surface area contributed by atoms with E-state index in [1.54, 1.807) is 13.2 Å². The fraction of sp³-hybridized carbons (Fsp3) is 0.350. The molecule has 0 unspecified atom stereocenters. The van der Waals surface area contributed by atoms with Gasteiger partial charge >= 0.3 is 0 Å². The normalized spacial score (nSPS) is 14.9. The molecule has 0 aromatic heterocycles. The van der Waals surface area contributed by atoms with Crippen LogP contribution >= 0.6 is 0 Å². The fourth-order valence-electron chi connectivity index (χ4n) is 3.07. The molecule has 0 aliphatic carbocycles. The Morgan fingerprint density at radius 2 is 1.85 bits per heavy atom. The molecule has 1 N–H and O–H groups in total. The van der Waals surface area contributed by atoms with Gasteiger partial charge in [0.2, 0.25) is 5.91 Å². The van der Waals surface area contributed by atoms with Crippen molar-refractivity contribution in [2.45, 2.75) is 6.42 Å². The molecule has 1 aliphatic rings. The maximum Gasteiger partial charge on any atom is 0.225 e. The molecule has 2 aromatic rings. The zero-order valence-electron chi connectivity index (χ0n) is 15.0. The van der Waals surface area contributed by atoms with Crippen molar-refractivity contribution in [1.29, 1.82) is 0 Å². The van der Waals surface area contributed by atoms with Crippen LogP contribution in [0.4, 0.5) is 15.8 Å². The van der Waals surface area contributed by atoms with E-state index in [0.29, 0.717) is 6.42 Å². The lowest BCUT2D eigenvalue weighted by molar-refractivity contribution is -0.116. The van der Waals surface area contributed by atoms with Crippen LogP contribution in [0.1, 0.15) is 6.42 Å². The maximum atomic E-state index is 13.0. The number of hydrogen-bond acceptors (Lipinski definition) is 4. The zero-order valence-corrected chi connectivity index (χ0v) is 15.0. The average molecular weight is 357 g/mol. The number of carbonyl (C=O) groups excluding carboxylic acids is 1. The van der Waals surface area contributed by atoms with E-state index in [9.17, 15) is 9.18 Å². The first-order chi connectivity index (χ1) is 12.6. The third-order valence-electron chi connectivity index (χ3n) is 4.57. The SMILES string of the molecule is COc1cccc(NC(=O)CCN2CCN(c3ccc(F)cc3)CC2)c1. The predicted octanol–water partition coefficient (Wildman–Crippen LogP) is 2.99. The Morgan fingerprint density at radius 1 is 1.12 bits per heavy atom. The molecule has 0 atom stereocenters. The second kappa shape index (κ2) is 8.67. The van der Waals surface area contributed by atoms with E-state index in [2.05, 4.69) is 15.1 Å². The molecule has 1 aliphatic heterocycles. The number of anilines is 2. The summed E-state index contributed by atoms with van der Waals surface area (Å²) in [6, 6.07) is 14.0. The van der Waals surface area contributed by atoms with Gasteiger partial charge in [0, 0.05) is 56.6 Å². The molecule has 0 saturated carbocycles. The minimum Gasteiger partial charge on any atom is -0.497 e. The van der Waals surface area contributed by atoms with Gasteiger partial charge in [0.15, 0.2) is 0 Å². The number of rotatable bonds is 6. The van der Waals surface area contributed by atoms with Crippen LogP contribution in [0.2, 0.25) is 0 Å². The summed E-state index contributed by atoms with van der Waals surface area (Å²) in [4.78, 5) is 16.7. The van der Waals surface area contributed by atoms with E-state index in [-0.39, 0.29) is 11.7 Å². The molecular formula is C20H24FN3O2. The molecule has 1 amide bonds. The largest absolute Gasteiger partial charge is 0.497 e. The molecule has 5 nitrogen and oxygen atoms in total. The Hall–Kier alpha value is -2.60. The molecule has 0 bridgehead atoms. The smallest absolute Gasteiger partial charge is 0.225 e. The second-order valence-corrected chi connectivity index (χ2v) is 6.34. The molecule has 1 heterocycles. The maximum absolute atomic E-state index is 13.0. The minimum absolute atomic E-state index is 0.000725. The van der Waals surface area contributed by atoms with Crippen molar-refractivity contribution in [2.24, 2.45) is 0 Å². The lowest BCUT2D eigenvalue weighted by Crippen LogP contribution is -2.47. The monoisotopic (exact) mass is 357 g/mol. The number of halogens is 1. The highest BCUT2D eigenvalue weighted by Gasteiger charge is 2.18. The molecular weight excluding hydrogens is 333 g/mol. The van der Waals surface area contributed by atoms with Gasteiger partial charge in [0.25, 0.3) is 0 Å². The first-order valence-corrected chi connectivity index (χ1v) is 8.81. The quantitative estimate of drug-likeness (QED) is 0.863. The van der Waals surface area contributed by atoms with Gasteiger partial charge in [-0.3, -0.25) is 9.69 Å². The third-order valence-corrected chi connectivity index (χ3v) is 4.57. The highest BCUT2D eigenvalue weighted by atomic mass is 19.1. The topological polar surface area (TPSA) is 44.8 Å². The molecule has 26 heavy (non-hydrogen) atoms. The van der Waals surface area contributed by atoms with Gasteiger partial charge in [-0.1, -0.05) is 6.07 Å². The number of nitrogens with zero attached hydrogens (tertiary/aromatic N) is 2. The number of piperazine rings is 1. The van der Waals surface area contributed by atoms with E-state index in [4.69, 9.17) is 4.74 Å². The number of methoxy groups -OCH3 is 1. The predicted molar refractivity (Wildman–Crippen MR) is 101 cm³/mol. The Kier molecular flexibility index (Phi) is 6.07. The van der Waals surface area contributed by atoms with Crippen LogP contribution in [0.25, 0.3) is 0 Å². The van der Waals surface area contributed by atoms with Gasteiger partial charge in [0.05, 0.1) is 7.11 Å². The lowest BCUT2D eigenvalue weighted by atomic mass is 10.2. The van der Waals surface area contributed by atoms with Crippen LogP contribution in [0.5, 0.6) is 5.75 Å². The summed E-state index contributed by atoms with van der Waals surface area (Å²) in [5.74, 6) is 0.508. The van der Waals surface area contributed by atoms with Crippen LogP contribution in [0.3, 0.4) is 0 Å². The first-order valence-electron chi connectivity index (χ1n) is 8.81. The van der Waals surface area contributed by atoms with Gasteiger partial charge in [-0.2, -0.15) is 0 Å². The standard InChI is InChI=1S/C20H24FN3O2/c1-26-19-4-2-3-17(15-19)22-20(25)9-10-23-11-13-24(14-12-23)18-7-5-16(21)6-8-18/h2-8,15H,9-14H2,1H3,(H,22,25). The van der Waals surface area contributed by atoms with Crippen molar-refractivity contribution in [1.82, 2.24) is 4.90 Å². The van der Waals surface area contributed by atoms with Gasteiger partial charge < -0.3 is 15.0 Å². The minimum atomic E-state index is -0.213. The Labute approximate surface area is 153 Å². The van der Waals surface area contributed by atoms with Crippen LogP contribution in [-0.4, -0.2) is 50.6 Å². The zero-order chi connectivity index (χ0) is 18.4. The summed E-state index contributed by atoms with van der Waals surface area (Å²) in [7, 11) is 1.60. The summed E-state index contributed by atoms with van der Waals surface area (Å²) in [5.41, 5.74) is 1.79. The number of carbonyl (C=O) groups is 1. The molecule has 2 aromatic carbocycles. The molecule has 1 fully saturated rings. The van der Waals surface area contributed by atoms with Crippen molar-refractivity contribution in [3.8, 4) is 5.75 Å². The highest BCUT2D eigenvalue weighted by Crippen LogP contribution is 2.18.